The zero-order valence-corrected chi connectivity index (χ0v) is 15.6. The summed E-state index contributed by atoms with van der Waals surface area (Å²) in [5.41, 5.74) is 4.69. The number of nitrogens with zero attached hydrogens (tertiary/aromatic N) is 4. The molecule has 5 rings (SSSR count). The average molecular weight is 360 g/mol. The Labute approximate surface area is 159 Å². The van der Waals surface area contributed by atoms with Crippen molar-refractivity contribution in [3.63, 3.8) is 0 Å². The van der Waals surface area contributed by atoms with Gasteiger partial charge >= 0.3 is 0 Å². The molecule has 5 nitrogen and oxygen atoms in total. The van der Waals surface area contributed by atoms with Crippen LogP contribution in [0.15, 0.2) is 54.9 Å². The molecule has 138 valence electrons. The first-order valence-electron chi connectivity index (χ1n) is 9.59. The molecule has 1 fully saturated rings. The molecule has 1 saturated heterocycles. The van der Waals surface area contributed by atoms with E-state index >= 15 is 0 Å². The summed E-state index contributed by atoms with van der Waals surface area (Å²) in [4.78, 5) is 11.5. The van der Waals surface area contributed by atoms with Crippen LogP contribution < -0.4 is 0 Å². The van der Waals surface area contributed by atoms with Crippen molar-refractivity contribution in [1.29, 1.82) is 0 Å². The molecule has 1 aromatic carbocycles. The minimum Gasteiger partial charge on any atom is -0.364 e. The number of hydrogen-bond donors (Lipinski definition) is 0. The van der Waals surface area contributed by atoms with Crippen LogP contribution >= 0.6 is 0 Å². The van der Waals surface area contributed by atoms with Gasteiger partial charge in [-0.3, -0.25) is 9.88 Å². The third-order valence-corrected chi connectivity index (χ3v) is 5.71. The third-order valence-electron chi connectivity index (χ3n) is 5.71. The Morgan fingerprint density at radius 1 is 1.11 bits per heavy atom. The van der Waals surface area contributed by atoms with Crippen molar-refractivity contribution in [1.82, 2.24) is 19.4 Å². The predicted molar refractivity (Wildman–Crippen MR) is 104 cm³/mol. The maximum Gasteiger partial charge on any atom is 0.135 e. The summed E-state index contributed by atoms with van der Waals surface area (Å²) in [7, 11) is 0. The lowest BCUT2D eigenvalue weighted by Crippen LogP contribution is -2.44. The van der Waals surface area contributed by atoms with Crippen molar-refractivity contribution in [2.45, 2.75) is 38.6 Å². The lowest BCUT2D eigenvalue weighted by atomic mass is 10.0. The number of likely N-dealkylation sites (tertiary alicyclic amines) is 1. The fraction of sp³-hybridized carbons (Fsp3) is 0.364. The first kappa shape index (κ1) is 16.7. The summed E-state index contributed by atoms with van der Waals surface area (Å²) >= 11 is 0. The number of ether oxygens (including phenoxy) is 1. The molecule has 0 bridgehead atoms. The van der Waals surface area contributed by atoms with Crippen molar-refractivity contribution >= 4 is 0 Å². The van der Waals surface area contributed by atoms with Crippen molar-refractivity contribution in [2.24, 2.45) is 0 Å². The average Bonchev–Trinajstić information content (AvgIpc) is 3.27. The Hall–Kier alpha value is -2.50. The monoisotopic (exact) mass is 360 g/mol. The first-order valence-corrected chi connectivity index (χ1v) is 9.59. The normalized spacial score (nSPS) is 22.3. The van der Waals surface area contributed by atoms with Gasteiger partial charge in [-0.05, 0) is 31.5 Å². The van der Waals surface area contributed by atoms with Crippen LogP contribution in [-0.4, -0.2) is 38.1 Å². The smallest absolute Gasteiger partial charge is 0.135 e. The van der Waals surface area contributed by atoms with E-state index in [1.807, 2.05) is 18.5 Å². The number of hydrogen-bond acceptors (Lipinski definition) is 4. The molecule has 0 unspecified atom stereocenters. The highest BCUT2D eigenvalue weighted by molar-refractivity contribution is 5.60. The molecule has 27 heavy (non-hydrogen) atoms. The number of fused-ring (bicyclic) bond motifs is 1. The maximum atomic E-state index is 6.35. The SMILES string of the molecule is Cc1cccc(-c2cnc3n2C[C@@]2(CCN(Cc4ccccn4)C2)OC3)c1. The van der Waals surface area contributed by atoms with Crippen molar-refractivity contribution in [3.8, 4) is 11.3 Å². The van der Waals surface area contributed by atoms with E-state index in [1.54, 1.807) is 0 Å². The van der Waals surface area contributed by atoms with E-state index in [1.165, 1.54) is 16.8 Å². The fourth-order valence-corrected chi connectivity index (χ4v) is 4.32. The predicted octanol–water partition coefficient (Wildman–Crippen LogP) is 3.43. The second-order valence-corrected chi connectivity index (χ2v) is 7.77. The van der Waals surface area contributed by atoms with Gasteiger partial charge in [-0.2, -0.15) is 0 Å². The van der Waals surface area contributed by atoms with E-state index in [2.05, 4.69) is 62.8 Å². The van der Waals surface area contributed by atoms with Crippen molar-refractivity contribution in [3.05, 3.63) is 71.9 Å². The van der Waals surface area contributed by atoms with Crippen LogP contribution in [0.4, 0.5) is 0 Å². The summed E-state index contributed by atoms with van der Waals surface area (Å²) in [6.45, 7) is 6.45. The van der Waals surface area contributed by atoms with Gasteiger partial charge < -0.3 is 9.30 Å². The van der Waals surface area contributed by atoms with Gasteiger partial charge in [0.15, 0.2) is 0 Å². The van der Waals surface area contributed by atoms with Crippen LogP contribution in [0, 0.1) is 6.92 Å². The molecule has 2 aliphatic rings. The number of aromatic nitrogens is 3. The van der Waals surface area contributed by atoms with Crippen LogP contribution in [0.5, 0.6) is 0 Å². The Morgan fingerprint density at radius 2 is 2.07 bits per heavy atom. The number of rotatable bonds is 3. The number of pyridine rings is 1. The molecule has 1 spiro atoms. The third kappa shape index (κ3) is 3.17. The molecule has 0 saturated carbocycles. The molecular formula is C22H24N4O. The van der Waals surface area contributed by atoms with E-state index in [0.29, 0.717) is 6.61 Å². The lowest BCUT2D eigenvalue weighted by molar-refractivity contribution is -0.0821. The van der Waals surface area contributed by atoms with E-state index in [9.17, 15) is 0 Å². The minimum atomic E-state index is -0.124. The molecule has 0 radical (unpaired) electrons. The summed E-state index contributed by atoms with van der Waals surface area (Å²) < 4.78 is 8.71. The van der Waals surface area contributed by atoms with Gasteiger partial charge in [0.1, 0.15) is 18.0 Å². The van der Waals surface area contributed by atoms with Gasteiger partial charge in [0.2, 0.25) is 0 Å². The Kier molecular flexibility index (Phi) is 4.06. The summed E-state index contributed by atoms with van der Waals surface area (Å²) in [6.07, 6.45) is 4.90. The summed E-state index contributed by atoms with van der Waals surface area (Å²) in [6, 6.07) is 14.8. The molecule has 3 aromatic rings. The zero-order chi connectivity index (χ0) is 18.3. The molecule has 2 aromatic heterocycles. The second kappa shape index (κ2) is 6.59. The highest BCUT2D eigenvalue weighted by Crippen LogP contribution is 2.35. The van der Waals surface area contributed by atoms with Gasteiger partial charge in [0.05, 0.1) is 24.1 Å². The Morgan fingerprint density at radius 3 is 2.93 bits per heavy atom. The second-order valence-electron chi connectivity index (χ2n) is 7.77. The largest absolute Gasteiger partial charge is 0.364 e. The van der Waals surface area contributed by atoms with E-state index in [0.717, 1.165) is 44.1 Å². The molecule has 5 heteroatoms. The van der Waals surface area contributed by atoms with Gasteiger partial charge in [0, 0.05) is 31.4 Å². The molecular weight excluding hydrogens is 336 g/mol. The summed E-state index contributed by atoms with van der Waals surface area (Å²) in [5.74, 6) is 1.03. The number of benzene rings is 1. The van der Waals surface area contributed by atoms with E-state index < -0.39 is 0 Å². The highest BCUT2D eigenvalue weighted by atomic mass is 16.5. The molecule has 1 atom stereocenters. The summed E-state index contributed by atoms with van der Waals surface area (Å²) in [5, 5.41) is 0. The van der Waals surface area contributed by atoms with Gasteiger partial charge in [0.25, 0.3) is 0 Å². The van der Waals surface area contributed by atoms with E-state index in [-0.39, 0.29) is 5.60 Å². The van der Waals surface area contributed by atoms with E-state index in [4.69, 9.17) is 4.74 Å². The lowest BCUT2D eigenvalue weighted by Gasteiger charge is -2.35. The zero-order valence-electron chi connectivity index (χ0n) is 15.6. The highest BCUT2D eigenvalue weighted by Gasteiger charge is 2.43. The van der Waals surface area contributed by atoms with Crippen LogP contribution in [0.25, 0.3) is 11.3 Å². The molecule has 0 amide bonds. The maximum absolute atomic E-state index is 6.35. The number of aryl methyl sites for hydroxylation is 1. The van der Waals surface area contributed by atoms with Crippen LogP contribution in [0.2, 0.25) is 0 Å². The Balaban J connectivity index is 1.37. The van der Waals surface area contributed by atoms with Crippen LogP contribution in [-0.2, 0) is 24.4 Å². The van der Waals surface area contributed by atoms with Crippen LogP contribution in [0.3, 0.4) is 0 Å². The van der Waals surface area contributed by atoms with Crippen molar-refractivity contribution in [2.75, 3.05) is 13.1 Å². The van der Waals surface area contributed by atoms with Crippen molar-refractivity contribution < 1.29 is 4.74 Å². The van der Waals surface area contributed by atoms with Gasteiger partial charge in [-0.1, -0.05) is 29.8 Å². The molecule has 0 aliphatic carbocycles. The fourth-order valence-electron chi connectivity index (χ4n) is 4.32. The van der Waals surface area contributed by atoms with Gasteiger partial charge in [-0.15, -0.1) is 0 Å². The topological polar surface area (TPSA) is 43.2 Å². The molecule has 0 N–H and O–H groups in total. The molecule has 4 heterocycles. The molecule has 2 aliphatic heterocycles. The van der Waals surface area contributed by atoms with Gasteiger partial charge in [-0.25, -0.2) is 4.98 Å². The number of imidazole rings is 1. The van der Waals surface area contributed by atoms with Crippen LogP contribution in [0.1, 0.15) is 23.5 Å². The minimum absolute atomic E-state index is 0.124. The quantitative estimate of drug-likeness (QED) is 0.718. The first-order chi connectivity index (χ1) is 13.2. The Bertz CT molecular complexity index is 952. The standard InChI is InChI=1S/C22H24N4O/c1-17-5-4-6-18(11-17)20-12-24-21-14-27-22(16-26(20)21)8-10-25(15-22)13-19-7-2-3-9-23-19/h2-7,9,11-12H,8,10,13-16H2,1H3/t22-/m0/s1.